The van der Waals surface area contributed by atoms with Crippen LogP contribution in [0.25, 0.3) is 11.2 Å². The fourth-order valence-electron chi connectivity index (χ4n) is 4.19. The van der Waals surface area contributed by atoms with Crippen LogP contribution in [-0.2, 0) is 31.9 Å². The summed E-state index contributed by atoms with van der Waals surface area (Å²) >= 11 is 0.344. The number of ether oxygens (including phenoxy) is 1. The molecule has 2 aromatic heterocycles. The highest BCUT2D eigenvalue weighted by molar-refractivity contribution is 7.89. The third-order valence-corrected chi connectivity index (χ3v) is 6.94. The van der Waals surface area contributed by atoms with Gasteiger partial charge in [0.1, 0.15) is 24.6 Å². The Balaban J connectivity index is 1.40. The lowest BCUT2D eigenvalue weighted by atomic mass is 10.1. The molecule has 1 aliphatic carbocycles. The van der Waals surface area contributed by atoms with Gasteiger partial charge in [0.15, 0.2) is 35.5 Å². The van der Waals surface area contributed by atoms with E-state index in [-0.39, 0.29) is 12.6 Å². The first-order valence-corrected chi connectivity index (χ1v) is 11.9. The fourth-order valence-corrected chi connectivity index (χ4v) is 5.59. The highest BCUT2D eigenvalue weighted by atomic mass is 32.2. The molecule has 1 saturated carbocycles. The summed E-state index contributed by atoms with van der Waals surface area (Å²) in [7, 11) is -4.28. The molecule has 4 N–H and O–H groups in total. The number of hydrogen-bond acceptors (Lipinski definition) is 14. The smallest absolute Gasteiger partial charge is 0.391 e. The van der Waals surface area contributed by atoms with Crippen molar-refractivity contribution in [1.82, 2.24) is 19.5 Å². The zero-order valence-electron chi connectivity index (χ0n) is 16.3. The molecule has 3 aliphatic rings. The van der Waals surface area contributed by atoms with Crippen molar-refractivity contribution in [2.24, 2.45) is 0 Å². The van der Waals surface area contributed by atoms with E-state index < -0.39 is 38.5 Å². The van der Waals surface area contributed by atoms with Crippen LogP contribution in [0.5, 0.6) is 0 Å². The Morgan fingerprint density at radius 2 is 2.12 bits per heavy atom. The standard InChI is InChI=1S/C15H20N5O10PS/c21-8-3-1-2-7(8)19-13-10-14(17-5-16-13)20(6-18-10)15-12-11(27-31(23,24)28-12)9(26-15)4-25-32-30-29-22/h5-9,11-12,15,21-22H,1-4H2,(H,23,24)(H,16,17,19)/t7-,8-,9-,11-,12-,15-/m1/s1. The van der Waals surface area contributed by atoms with Crippen molar-refractivity contribution < 1.29 is 47.2 Å². The summed E-state index contributed by atoms with van der Waals surface area (Å²) in [5, 5.41) is 24.9. The minimum absolute atomic E-state index is 0.136. The highest BCUT2D eigenvalue weighted by Gasteiger charge is 2.58. The van der Waals surface area contributed by atoms with Gasteiger partial charge in [0.25, 0.3) is 0 Å². The van der Waals surface area contributed by atoms with Crippen molar-refractivity contribution in [1.29, 1.82) is 0 Å². The topological polar surface area (TPSA) is 189 Å². The number of fused-ring (bicyclic) bond motifs is 2. The first-order chi connectivity index (χ1) is 15.5. The molecule has 7 atom stereocenters. The number of phosphoric ester groups is 1. The molecular weight excluding hydrogens is 473 g/mol. The molecule has 5 rings (SSSR count). The lowest BCUT2D eigenvalue weighted by Gasteiger charge is -2.19. The maximum Gasteiger partial charge on any atom is 0.473 e. The second-order valence-corrected chi connectivity index (χ2v) is 9.33. The van der Waals surface area contributed by atoms with E-state index in [0.29, 0.717) is 29.3 Å². The van der Waals surface area contributed by atoms with Crippen LogP contribution in [0.1, 0.15) is 25.5 Å². The first-order valence-electron chi connectivity index (χ1n) is 9.70. The van der Waals surface area contributed by atoms with Gasteiger partial charge in [-0.2, -0.15) is 0 Å². The number of anilines is 1. The van der Waals surface area contributed by atoms with Crippen LogP contribution >= 0.6 is 20.1 Å². The van der Waals surface area contributed by atoms with Crippen LogP contribution in [0.4, 0.5) is 5.82 Å². The Bertz CT molecular complexity index is 1010. The Hall–Kier alpha value is -1.43. The molecule has 3 fully saturated rings. The quantitative estimate of drug-likeness (QED) is 0.133. The summed E-state index contributed by atoms with van der Waals surface area (Å²) in [5.41, 5.74) is 0.844. The molecule has 2 aliphatic heterocycles. The fraction of sp³-hybridized carbons (Fsp3) is 0.667. The molecule has 176 valence electrons. The van der Waals surface area contributed by atoms with Crippen molar-refractivity contribution in [3.8, 4) is 0 Å². The van der Waals surface area contributed by atoms with Crippen LogP contribution in [-0.4, -0.2) is 71.8 Å². The van der Waals surface area contributed by atoms with Crippen molar-refractivity contribution in [3.63, 3.8) is 0 Å². The van der Waals surface area contributed by atoms with E-state index >= 15 is 0 Å². The van der Waals surface area contributed by atoms with Gasteiger partial charge in [-0.15, -0.1) is 4.33 Å². The lowest BCUT2D eigenvalue weighted by Crippen LogP contribution is -2.31. The predicted octanol–water partition coefficient (Wildman–Crippen LogP) is 0.934. The second-order valence-electron chi connectivity index (χ2n) is 7.46. The summed E-state index contributed by atoms with van der Waals surface area (Å²) < 4.78 is 39.2. The number of hydrogen-bond donors (Lipinski definition) is 4. The third-order valence-electron chi connectivity index (χ3n) is 5.57. The van der Waals surface area contributed by atoms with Crippen molar-refractivity contribution in [2.45, 2.75) is 55.9 Å². The Kier molecular flexibility index (Phi) is 6.34. The van der Waals surface area contributed by atoms with E-state index in [1.165, 1.54) is 12.7 Å². The zero-order valence-corrected chi connectivity index (χ0v) is 18.0. The number of aliphatic hydroxyl groups is 1. The normalized spacial score (nSPS) is 36.7. The number of imidazole rings is 1. The van der Waals surface area contributed by atoms with Gasteiger partial charge in [-0.05, 0) is 19.3 Å². The summed E-state index contributed by atoms with van der Waals surface area (Å²) in [4.78, 5) is 22.7. The summed E-state index contributed by atoms with van der Waals surface area (Å²) in [5.74, 6) is 0.461. The highest BCUT2D eigenvalue weighted by Crippen LogP contribution is 2.58. The summed E-state index contributed by atoms with van der Waals surface area (Å²) in [6.07, 6.45) is 1.20. The summed E-state index contributed by atoms with van der Waals surface area (Å²) in [6, 6.07) is -0.138. The van der Waals surface area contributed by atoms with Crippen LogP contribution in [0.15, 0.2) is 12.7 Å². The van der Waals surface area contributed by atoms with Gasteiger partial charge in [0.05, 0.1) is 25.1 Å². The van der Waals surface area contributed by atoms with Gasteiger partial charge in [-0.25, -0.2) is 24.8 Å². The largest absolute Gasteiger partial charge is 0.473 e. The van der Waals surface area contributed by atoms with Crippen LogP contribution in [0.2, 0.25) is 0 Å². The maximum atomic E-state index is 12.1. The number of aliphatic hydroxyl groups excluding tert-OH is 1. The van der Waals surface area contributed by atoms with Gasteiger partial charge in [-0.3, -0.25) is 17.8 Å². The third kappa shape index (κ3) is 4.24. The molecule has 0 aromatic carbocycles. The SMILES string of the molecule is O=P1(O)O[C@@H]2[C@H](O1)[C@@H](COSOOO)O[C@H]2n1cnc2c(N[C@@H]3CCC[C@H]3O)ncnc21. The number of phosphoric acid groups is 1. The molecule has 4 heterocycles. The number of aromatic nitrogens is 4. The van der Waals surface area contributed by atoms with E-state index in [4.69, 9.17) is 23.2 Å². The maximum absolute atomic E-state index is 12.1. The molecule has 2 aromatic rings. The van der Waals surface area contributed by atoms with Crippen molar-refractivity contribution in [2.75, 3.05) is 11.9 Å². The number of rotatable bonds is 8. The zero-order chi connectivity index (χ0) is 22.3. The lowest BCUT2D eigenvalue weighted by molar-refractivity contribution is -0.434. The molecule has 17 heteroatoms. The molecule has 32 heavy (non-hydrogen) atoms. The number of nitrogens with zero attached hydrogens (tertiary/aromatic N) is 4. The van der Waals surface area contributed by atoms with E-state index in [0.717, 1.165) is 19.3 Å². The van der Waals surface area contributed by atoms with E-state index in [9.17, 15) is 14.6 Å². The molecule has 0 amide bonds. The van der Waals surface area contributed by atoms with Crippen molar-refractivity contribution >= 4 is 37.1 Å². The second kappa shape index (κ2) is 9.08. The monoisotopic (exact) mass is 493 g/mol. The van der Waals surface area contributed by atoms with Crippen LogP contribution in [0, 0.1) is 0 Å². The van der Waals surface area contributed by atoms with Gasteiger partial charge >= 0.3 is 7.82 Å². The Morgan fingerprint density at radius 1 is 1.28 bits per heavy atom. The molecule has 15 nitrogen and oxygen atoms in total. The Labute approximate surface area is 184 Å². The Morgan fingerprint density at radius 3 is 2.91 bits per heavy atom. The van der Waals surface area contributed by atoms with Crippen LogP contribution < -0.4 is 5.32 Å². The van der Waals surface area contributed by atoms with Crippen molar-refractivity contribution in [3.05, 3.63) is 12.7 Å². The molecule has 1 unspecified atom stereocenters. The molecule has 0 bridgehead atoms. The van der Waals surface area contributed by atoms with E-state index in [2.05, 4.69) is 29.6 Å². The summed E-state index contributed by atoms with van der Waals surface area (Å²) in [6.45, 7) is -0.136. The van der Waals surface area contributed by atoms with E-state index in [1.807, 2.05) is 0 Å². The van der Waals surface area contributed by atoms with E-state index in [1.54, 1.807) is 4.57 Å². The van der Waals surface area contributed by atoms with Gasteiger partial charge in [-0.1, -0.05) is 5.04 Å². The average molecular weight is 493 g/mol. The molecule has 0 spiro atoms. The molecule has 2 saturated heterocycles. The van der Waals surface area contributed by atoms with Gasteiger partial charge in [0, 0.05) is 0 Å². The minimum Gasteiger partial charge on any atom is -0.391 e. The minimum atomic E-state index is -4.28. The molecule has 0 radical (unpaired) electrons. The molecular formula is C15H20N5O10PS. The van der Waals surface area contributed by atoms with Gasteiger partial charge in [0.2, 0.25) is 0 Å². The first kappa shape index (κ1) is 22.4. The number of nitrogens with one attached hydrogen (secondary N) is 1. The average Bonchev–Trinajstić information content (AvgIpc) is 3.50. The van der Waals surface area contributed by atoms with Crippen LogP contribution in [0.3, 0.4) is 0 Å². The van der Waals surface area contributed by atoms with Gasteiger partial charge < -0.3 is 20.1 Å². The predicted molar refractivity (Wildman–Crippen MR) is 104 cm³/mol.